The lowest BCUT2D eigenvalue weighted by Gasteiger charge is -2.08. The van der Waals surface area contributed by atoms with Crippen molar-refractivity contribution in [3.05, 3.63) is 96.7 Å². The average molecular weight is 364 g/mol. The Bertz CT molecular complexity index is 1030. The lowest BCUT2D eigenvalue weighted by atomic mass is 10.0. The van der Waals surface area contributed by atoms with Gasteiger partial charge in [-0.2, -0.15) is 18.3 Å². The van der Waals surface area contributed by atoms with Gasteiger partial charge in [0, 0.05) is 5.56 Å². The number of hydrogen-bond donors (Lipinski definition) is 0. The van der Waals surface area contributed by atoms with E-state index in [0.717, 1.165) is 17.2 Å². The van der Waals surface area contributed by atoms with Crippen molar-refractivity contribution in [1.29, 1.82) is 0 Å². The van der Waals surface area contributed by atoms with Crippen molar-refractivity contribution in [1.82, 2.24) is 9.78 Å². The summed E-state index contributed by atoms with van der Waals surface area (Å²) < 4.78 is 41.0. The minimum absolute atomic E-state index is 0.396. The number of para-hydroxylation sites is 1. The molecule has 4 aromatic rings. The lowest BCUT2D eigenvalue weighted by molar-refractivity contribution is -0.141. The summed E-state index contributed by atoms with van der Waals surface area (Å²) in [5.41, 5.74) is 2.79. The van der Waals surface area contributed by atoms with Crippen LogP contribution in [0.5, 0.6) is 0 Å². The molecule has 0 radical (unpaired) electrons. The molecule has 5 heteroatoms. The van der Waals surface area contributed by atoms with Crippen LogP contribution in [0.25, 0.3) is 28.1 Å². The zero-order valence-corrected chi connectivity index (χ0v) is 14.2. The third-order valence-corrected chi connectivity index (χ3v) is 4.29. The molecule has 0 saturated heterocycles. The van der Waals surface area contributed by atoms with Gasteiger partial charge >= 0.3 is 6.18 Å². The minimum Gasteiger partial charge on any atom is -0.233 e. The van der Waals surface area contributed by atoms with Crippen LogP contribution < -0.4 is 0 Å². The second kappa shape index (κ2) is 6.76. The van der Waals surface area contributed by atoms with Gasteiger partial charge in [0.1, 0.15) is 0 Å². The predicted octanol–water partition coefficient (Wildman–Crippen LogP) is 6.23. The molecule has 27 heavy (non-hydrogen) atoms. The van der Waals surface area contributed by atoms with Crippen LogP contribution in [0.2, 0.25) is 0 Å². The normalized spacial score (nSPS) is 11.5. The highest BCUT2D eigenvalue weighted by Crippen LogP contribution is 2.33. The first-order valence-corrected chi connectivity index (χ1v) is 8.41. The standard InChI is InChI=1S/C22H15F3N2/c23-22(24,25)21-15-20(27(26-21)19-9-5-2-6-10-19)18-13-11-17(12-14-18)16-7-3-1-4-8-16/h1-15H. The van der Waals surface area contributed by atoms with Crippen molar-refractivity contribution >= 4 is 0 Å². The van der Waals surface area contributed by atoms with Crippen LogP contribution in [-0.4, -0.2) is 9.78 Å². The molecule has 134 valence electrons. The molecule has 0 atom stereocenters. The van der Waals surface area contributed by atoms with Crippen molar-refractivity contribution in [2.75, 3.05) is 0 Å². The highest BCUT2D eigenvalue weighted by atomic mass is 19.4. The zero-order valence-electron chi connectivity index (χ0n) is 14.2. The van der Waals surface area contributed by atoms with Gasteiger partial charge in [-0.3, -0.25) is 0 Å². The molecule has 0 aliphatic carbocycles. The van der Waals surface area contributed by atoms with Crippen molar-refractivity contribution in [3.63, 3.8) is 0 Å². The Balaban J connectivity index is 1.80. The number of benzene rings is 3. The van der Waals surface area contributed by atoms with Gasteiger partial charge < -0.3 is 0 Å². The minimum atomic E-state index is -4.50. The molecule has 4 rings (SSSR count). The molecule has 0 unspecified atom stereocenters. The molecular weight excluding hydrogens is 349 g/mol. The first-order chi connectivity index (χ1) is 13.0. The summed E-state index contributed by atoms with van der Waals surface area (Å²) in [7, 11) is 0. The van der Waals surface area contributed by atoms with E-state index in [1.54, 1.807) is 24.3 Å². The number of aromatic nitrogens is 2. The van der Waals surface area contributed by atoms with Gasteiger partial charge in [-0.05, 0) is 29.3 Å². The molecule has 1 aromatic heterocycles. The van der Waals surface area contributed by atoms with Crippen LogP contribution in [0.4, 0.5) is 13.2 Å². The maximum Gasteiger partial charge on any atom is 0.435 e. The maximum atomic E-state index is 13.2. The Morgan fingerprint density at radius 3 is 1.74 bits per heavy atom. The van der Waals surface area contributed by atoms with Crippen molar-refractivity contribution in [2.24, 2.45) is 0 Å². The first kappa shape index (κ1) is 17.1. The average Bonchev–Trinajstić information content (AvgIpc) is 3.15. The van der Waals surface area contributed by atoms with E-state index in [9.17, 15) is 13.2 Å². The van der Waals surface area contributed by atoms with Crippen LogP contribution in [-0.2, 0) is 6.18 Å². The molecule has 2 nitrogen and oxygen atoms in total. The van der Waals surface area contributed by atoms with Gasteiger partial charge in [0.25, 0.3) is 0 Å². The Hall–Kier alpha value is -3.34. The van der Waals surface area contributed by atoms with Crippen molar-refractivity contribution < 1.29 is 13.2 Å². The summed E-state index contributed by atoms with van der Waals surface area (Å²) in [6.07, 6.45) is -4.50. The van der Waals surface area contributed by atoms with Gasteiger partial charge in [0.15, 0.2) is 5.69 Å². The molecule has 1 heterocycles. The summed E-state index contributed by atoms with van der Waals surface area (Å²) in [6.45, 7) is 0. The van der Waals surface area contributed by atoms with E-state index >= 15 is 0 Å². The molecule has 0 fully saturated rings. The van der Waals surface area contributed by atoms with Gasteiger partial charge in [0.05, 0.1) is 11.4 Å². The number of nitrogens with zero attached hydrogens (tertiary/aromatic N) is 2. The molecule has 3 aromatic carbocycles. The first-order valence-electron chi connectivity index (χ1n) is 8.41. The SMILES string of the molecule is FC(F)(F)c1cc(-c2ccc(-c3ccccc3)cc2)n(-c2ccccc2)n1. The smallest absolute Gasteiger partial charge is 0.233 e. The fourth-order valence-electron chi connectivity index (χ4n) is 2.96. The van der Waals surface area contributed by atoms with E-state index < -0.39 is 11.9 Å². The molecule has 0 aliphatic heterocycles. The van der Waals surface area contributed by atoms with E-state index in [0.29, 0.717) is 16.9 Å². The lowest BCUT2D eigenvalue weighted by Crippen LogP contribution is -2.07. The number of halogens is 3. The predicted molar refractivity (Wildman–Crippen MR) is 99.4 cm³/mol. The molecule has 0 saturated carbocycles. The third kappa shape index (κ3) is 3.49. The number of alkyl halides is 3. The summed E-state index contributed by atoms with van der Waals surface area (Å²) in [5.74, 6) is 0. The molecule has 0 N–H and O–H groups in total. The van der Waals surface area contributed by atoms with E-state index in [4.69, 9.17) is 0 Å². The van der Waals surface area contributed by atoms with E-state index in [2.05, 4.69) is 5.10 Å². The topological polar surface area (TPSA) is 17.8 Å². The molecule has 0 spiro atoms. The Labute approximate surface area is 154 Å². The van der Waals surface area contributed by atoms with Gasteiger partial charge in [-0.15, -0.1) is 0 Å². The van der Waals surface area contributed by atoms with Crippen LogP contribution in [0.15, 0.2) is 91.0 Å². The molecule has 0 aliphatic rings. The largest absolute Gasteiger partial charge is 0.435 e. The number of rotatable bonds is 3. The highest BCUT2D eigenvalue weighted by molar-refractivity contribution is 5.70. The van der Waals surface area contributed by atoms with Crippen LogP contribution in [0.1, 0.15) is 5.69 Å². The highest BCUT2D eigenvalue weighted by Gasteiger charge is 2.35. The molecular formula is C22H15F3N2. The van der Waals surface area contributed by atoms with E-state index in [1.807, 2.05) is 60.7 Å². The second-order valence-electron chi connectivity index (χ2n) is 6.10. The maximum absolute atomic E-state index is 13.2. The summed E-state index contributed by atoms with van der Waals surface area (Å²) in [6, 6.07) is 27.2. The van der Waals surface area contributed by atoms with Gasteiger partial charge in [-0.25, -0.2) is 4.68 Å². The summed E-state index contributed by atoms with van der Waals surface area (Å²) >= 11 is 0. The second-order valence-corrected chi connectivity index (χ2v) is 6.10. The third-order valence-electron chi connectivity index (χ3n) is 4.29. The monoisotopic (exact) mass is 364 g/mol. The Kier molecular flexibility index (Phi) is 4.28. The number of hydrogen-bond acceptors (Lipinski definition) is 1. The summed E-state index contributed by atoms with van der Waals surface area (Å²) in [4.78, 5) is 0. The van der Waals surface area contributed by atoms with Crippen LogP contribution >= 0.6 is 0 Å². The van der Waals surface area contributed by atoms with Crippen molar-refractivity contribution in [3.8, 4) is 28.1 Å². The Morgan fingerprint density at radius 2 is 1.15 bits per heavy atom. The fraction of sp³-hybridized carbons (Fsp3) is 0.0455. The van der Waals surface area contributed by atoms with Gasteiger partial charge in [-0.1, -0.05) is 72.8 Å². The van der Waals surface area contributed by atoms with Crippen molar-refractivity contribution in [2.45, 2.75) is 6.18 Å². The van der Waals surface area contributed by atoms with Gasteiger partial charge in [0.2, 0.25) is 0 Å². The van der Waals surface area contributed by atoms with Crippen LogP contribution in [0, 0.1) is 0 Å². The Morgan fingerprint density at radius 1 is 0.630 bits per heavy atom. The zero-order chi connectivity index (χ0) is 18.9. The molecule has 0 bridgehead atoms. The fourth-order valence-corrected chi connectivity index (χ4v) is 2.96. The van der Waals surface area contributed by atoms with E-state index in [-0.39, 0.29) is 0 Å². The quantitative estimate of drug-likeness (QED) is 0.422. The van der Waals surface area contributed by atoms with E-state index in [1.165, 1.54) is 4.68 Å². The summed E-state index contributed by atoms with van der Waals surface area (Å²) in [5, 5.41) is 3.80. The molecule has 0 amide bonds. The van der Waals surface area contributed by atoms with Crippen LogP contribution in [0.3, 0.4) is 0 Å².